The molecule has 0 fully saturated rings. The Morgan fingerprint density at radius 2 is 1.55 bits per heavy atom. The molecule has 2 N–H and O–H groups in total. The first kappa shape index (κ1) is 22.0. The summed E-state index contributed by atoms with van der Waals surface area (Å²) in [6.45, 7) is 0.388. The highest BCUT2D eigenvalue weighted by molar-refractivity contribution is 5.75. The Morgan fingerprint density at radius 1 is 0.909 bits per heavy atom. The monoisotopic (exact) mass is 442 g/mol. The molecule has 2 amide bonds. The molecular formula is C26H26N4O3. The molecule has 168 valence electrons. The van der Waals surface area contributed by atoms with Gasteiger partial charge in [0.1, 0.15) is 11.5 Å². The highest BCUT2D eigenvalue weighted by Gasteiger charge is 2.17. The lowest BCUT2D eigenvalue weighted by atomic mass is 9.98. The molecule has 33 heavy (non-hydrogen) atoms. The average molecular weight is 443 g/mol. The first-order chi connectivity index (χ1) is 16.2. The topological polar surface area (TPSA) is 77.4 Å². The predicted octanol–water partition coefficient (Wildman–Crippen LogP) is 4.48. The summed E-state index contributed by atoms with van der Waals surface area (Å²) in [6.07, 6.45) is 3.62. The summed E-state index contributed by atoms with van der Waals surface area (Å²) in [6, 6.07) is 24.5. The molecule has 7 heteroatoms. The van der Waals surface area contributed by atoms with Gasteiger partial charge < -0.3 is 20.1 Å². The van der Waals surface area contributed by atoms with Gasteiger partial charge in [0.2, 0.25) is 0 Å². The van der Waals surface area contributed by atoms with Gasteiger partial charge in [0.25, 0.3) is 0 Å². The summed E-state index contributed by atoms with van der Waals surface area (Å²) in [7, 11) is 3.26. The molecule has 4 rings (SSSR count). The van der Waals surface area contributed by atoms with Crippen molar-refractivity contribution >= 4 is 6.03 Å². The fourth-order valence-electron chi connectivity index (χ4n) is 3.55. The van der Waals surface area contributed by atoms with Crippen LogP contribution in [0.25, 0.3) is 5.69 Å². The number of carbonyl (C=O) groups excluding carboxylic acids is 1. The average Bonchev–Trinajstić information content (AvgIpc) is 3.42. The van der Waals surface area contributed by atoms with E-state index in [1.165, 1.54) is 0 Å². The molecule has 0 aliphatic heterocycles. The standard InChI is InChI=1S/C26H26N4O3/c1-32-23-11-7-20(8-12-23)25(21-9-13-24(33-2)14-10-21)29-26(31)27-18-19-5-3-6-22(17-19)30-16-4-15-28-30/h3-17,25H,18H2,1-2H3,(H2,27,29,31). The van der Waals surface area contributed by atoms with Crippen molar-refractivity contribution in [1.29, 1.82) is 0 Å². The molecule has 0 atom stereocenters. The largest absolute Gasteiger partial charge is 0.497 e. The summed E-state index contributed by atoms with van der Waals surface area (Å²) in [4.78, 5) is 12.8. The maximum absolute atomic E-state index is 12.8. The lowest BCUT2D eigenvalue weighted by Crippen LogP contribution is -2.38. The molecule has 3 aromatic carbocycles. The molecule has 0 unspecified atom stereocenters. The number of rotatable bonds is 8. The van der Waals surface area contributed by atoms with E-state index < -0.39 is 0 Å². The van der Waals surface area contributed by atoms with Crippen LogP contribution in [0.4, 0.5) is 4.79 Å². The number of carbonyl (C=O) groups is 1. The van der Waals surface area contributed by atoms with Gasteiger partial charge in [-0.2, -0.15) is 5.10 Å². The van der Waals surface area contributed by atoms with Crippen LogP contribution in [-0.4, -0.2) is 30.0 Å². The van der Waals surface area contributed by atoms with E-state index in [-0.39, 0.29) is 12.1 Å². The molecule has 0 aliphatic rings. The summed E-state index contributed by atoms with van der Waals surface area (Å²) in [5.41, 5.74) is 3.80. The van der Waals surface area contributed by atoms with E-state index in [0.29, 0.717) is 6.54 Å². The highest BCUT2D eigenvalue weighted by Crippen LogP contribution is 2.26. The molecule has 0 radical (unpaired) electrons. The first-order valence-corrected chi connectivity index (χ1v) is 10.6. The molecule has 0 spiro atoms. The van der Waals surface area contributed by atoms with Crippen LogP contribution in [0, 0.1) is 0 Å². The van der Waals surface area contributed by atoms with Crippen molar-refractivity contribution in [2.45, 2.75) is 12.6 Å². The third kappa shape index (κ3) is 5.51. The van der Waals surface area contributed by atoms with E-state index >= 15 is 0 Å². The Bertz CT molecular complexity index is 1130. The van der Waals surface area contributed by atoms with Gasteiger partial charge in [0, 0.05) is 18.9 Å². The van der Waals surface area contributed by atoms with Crippen molar-refractivity contribution in [3.05, 3.63) is 108 Å². The van der Waals surface area contributed by atoms with Crippen LogP contribution in [0.1, 0.15) is 22.7 Å². The zero-order chi connectivity index (χ0) is 23.0. The smallest absolute Gasteiger partial charge is 0.315 e. The number of benzene rings is 3. The van der Waals surface area contributed by atoms with E-state index in [1.807, 2.05) is 85.1 Å². The Hall–Kier alpha value is -4.26. The molecule has 0 aliphatic carbocycles. The number of urea groups is 1. The lowest BCUT2D eigenvalue weighted by molar-refractivity contribution is 0.238. The predicted molar refractivity (Wildman–Crippen MR) is 127 cm³/mol. The van der Waals surface area contributed by atoms with Gasteiger partial charge in [-0.1, -0.05) is 36.4 Å². The number of amides is 2. The van der Waals surface area contributed by atoms with Crippen LogP contribution in [0.3, 0.4) is 0 Å². The number of nitrogens with one attached hydrogen (secondary N) is 2. The van der Waals surface area contributed by atoms with Gasteiger partial charge in [-0.25, -0.2) is 9.48 Å². The second-order valence-corrected chi connectivity index (χ2v) is 7.43. The molecule has 1 heterocycles. The molecule has 0 saturated carbocycles. The van der Waals surface area contributed by atoms with Gasteiger partial charge in [0.05, 0.1) is 25.9 Å². The quantitative estimate of drug-likeness (QED) is 0.422. The Balaban J connectivity index is 1.48. The van der Waals surface area contributed by atoms with Gasteiger partial charge in [-0.15, -0.1) is 0 Å². The lowest BCUT2D eigenvalue weighted by Gasteiger charge is -2.21. The van der Waals surface area contributed by atoms with Crippen LogP contribution < -0.4 is 20.1 Å². The Kier molecular flexibility index (Phi) is 6.90. The maximum atomic E-state index is 12.8. The molecule has 7 nitrogen and oxygen atoms in total. The number of methoxy groups -OCH3 is 2. The van der Waals surface area contributed by atoms with Crippen LogP contribution in [0.15, 0.2) is 91.3 Å². The van der Waals surface area contributed by atoms with Crippen LogP contribution in [0.5, 0.6) is 11.5 Å². The third-order valence-electron chi connectivity index (χ3n) is 5.31. The van der Waals surface area contributed by atoms with Crippen LogP contribution >= 0.6 is 0 Å². The van der Waals surface area contributed by atoms with E-state index in [1.54, 1.807) is 25.1 Å². The zero-order valence-electron chi connectivity index (χ0n) is 18.6. The minimum atomic E-state index is -0.336. The van der Waals surface area contributed by atoms with Crippen LogP contribution in [0.2, 0.25) is 0 Å². The Labute approximate surface area is 193 Å². The van der Waals surface area contributed by atoms with Gasteiger partial charge >= 0.3 is 6.03 Å². The van der Waals surface area contributed by atoms with Crippen molar-refractivity contribution < 1.29 is 14.3 Å². The summed E-state index contributed by atoms with van der Waals surface area (Å²) < 4.78 is 12.3. The van der Waals surface area contributed by atoms with Crippen molar-refractivity contribution in [2.24, 2.45) is 0 Å². The SMILES string of the molecule is COc1ccc(C(NC(=O)NCc2cccc(-n3cccn3)c2)c2ccc(OC)cc2)cc1. The summed E-state index contributed by atoms with van der Waals surface area (Å²) in [5.74, 6) is 1.52. The fraction of sp³-hybridized carbons (Fsp3) is 0.154. The highest BCUT2D eigenvalue weighted by atomic mass is 16.5. The number of ether oxygens (including phenoxy) is 2. The third-order valence-corrected chi connectivity index (χ3v) is 5.31. The number of hydrogen-bond acceptors (Lipinski definition) is 4. The van der Waals surface area contributed by atoms with Crippen molar-refractivity contribution in [1.82, 2.24) is 20.4 Å². The second kappa shape index (κ2) is 10.4. The zero-order valence-corrected chi connectivity index (χ0v) is 18.6. The summed E-state index contributed by atoms with van der Waals surface area (Å²) in [5, 5.41) is 10.3. The fourth-order valence-corrected chi connectivity index (χ4v) is 3.55. The second-order valence-electron chi connectivity index (χ2n) is 7.43. The summed E-state index contributed by atoms with van der Waals surface area (Å²) >= 11 is 0. The van der Waals surface area contributed by atoms with Crippen molar-refractivity contribution in [3.63, 3.8) is 0 Å². The van der Waals surface area contributed by atoms with Gasteiger partial charge in [-0.05, 0) is 59.2 Å². The molecule has 1 aromatic heterocycles. The molecule has 0 saturated heterocycles. The molecule has 4 aromatic rings. The van der Waals surface area contributed by atoms with E-state index in [2.05, 4.69) is 15.7 Å². The van der Waals surface area contributed by atoms with E-state index in [4.69, 9.17) is 9.47 Å². The molecule has 0 bridgehead atoms. The normalized spacial score (nSPS) is 10.6. The minimum absolute atomic E-state index is 0.267. The minimum Gasteiger partial charge on any atom is -0.497 e. The van der Waals surface area contributed by atoms with E-state index in [0.717, 1.165) is 33.9 Å². The van der Waals surface area contributed by atoms with Crippen LogP contribution in [-0.2, 0) is 6.54 Å². The number of aromatic nitrogens is 2. The first-order valence-electron chi connectivity index (χ1n) is 10.6. The van der Waals surface area contributed by atoms with Crippen molar-refractivity contribution in [3.8, 4) is 17.2 Å². The Morgan fingerprint density at radius 3 is 2.09 bits per heavy atom. The maximum Gasteiger partial charge on any atom is 0.315 e. The molecular weight excluding hydrogens is 416 g/mol. The number of nitrogens with zero attached hydrogens (tertiary/aromatic N) is 2. The van der Waals surface area contributed by atoms with Gasteiger partial charge in [0.15, 0.2) is 0 Å². The van der Waals surface area contributed by atoms with Gasteiger partial charge in [-0.3, -0.25) is 0 Å². The van der Waals surface area contributed by atoms with Crippen molar-refractivity contribution in [2.75, 3.05) is 14.2 Å². The van der Waals surface area contributed by atoms with E-state index in [9.17, 15) is 4.79 Å². The number of hydrogen-bond donors (Lipinski definition) is 2.